The summed E-state index contributed by atoms with van der Waals surface area (Å²) in [7, 11) is 0. The van der Waals surface area contributed by atoms with Gasteiger partial charge in [-0.2, -0.15) is 5.10 Å². The molecule has 2 heterocycles. The number of nitrogens with one attached hydrogen (secondary N) is 3. The van der Waals surface area contributed by atoms with Gasteiger partial charge in [-0.25, -0.2) is 0 Å². The number of hydrogen-bond acceptors (Lipinski definition) is 3. The molecule has 0 saturated heterocycles. The van der Waals surface area contributed by atoms with Crippen molar-refractivity contribution in [1.82, 2.24) is 15.2 Å². The van der Waals surface area contributed by atoms with E-state index < -0.39 is 0 Å². The first-order valence-electron chi connectivity index (χ1n) is 5.09. The van der Waals surface area contributed by atoms with Gasteiger partial charge >= 0.3 is 0 Å². The molecule has 0 aliphatic carbocycles. The molecule has 0 atom stereocenters. The molecule has 0 unspecified atom stereocenters. The summed E-state index contributed by atoms with van der Waals surface area (Å²) in [5, 5.41) is 9.50. The maximum Gasteiger partial charge on any atom is 0.257 e. The van der Waals surface area contributed by atoms with Crippen molar-refractivity contribution >= 4 is 11.6 Å². The third-order valence-corrected chi connectivity index (χ3v) is 2.41. The van der Waals surface area contributed by atoms with E-state index in [0.29, 0.717) is 11.3 Å². The monoisotopic (exact) mass is 232 g/mol. The summed E-state index contributed by atoms with van der Waals surface area (Å²) in [6.07, 6.45) is 1.38. The third kappa shape index (κ3) is 2.25. The topological polar surface area (TPSA) is 90.6 Å². The fraction of sp³-hybridized carbons (Fsp3) is 0.182. The van der Waals surface area contributed by atoms with Gasteiger partial charge in [0.05, 0.1) is 22.6 Å². The summed E-state index contributed by atoms with van der Waals surface area (Å²) in [4.78, 5) is 25.2. The molecule has 2 aromatic rings. The summed E-state index contributed by atoms with van der Waals surface area (Å²) >= 11 is 0. The van der Waals surface area contributed by atoms with Gasteiger partial charge in [-0.1, -0.05) is 0 Å². The highest BCUT2D eigenvalue weighted by Crippen LogP contribution is 2.16. The number of pyridine rings is 1. The van der Waals surface area contributed by atoms with Gasteiger partial charge in [0.15, 0.2) is 0 Å². The van der Waals surface area contributed by atoms with E-state index >= 15 is 0 Å². The van der Waals surface area contributed by atoms with Gasteiger partial charge < -0.3 is 10.3 Å². The minimum absolute atomic E-state index is 0.239. The highest BCUT2D eigenvalue weighted by atomic mass is 16.1. The van der Waals surface area contributed by atoms with Crippen LogP contribution >= 0.6 is 0 Å². The molecule has 0 aliphatic heterocycles. The van der Waals surface area contributed by atoms with Crippen LogP contribution in [0, 0.1) is 13.8 Å². The van der Waals surface area contributed by atoms with Crippen molar-refractivity contribution in [3.05, 3.63) is 45.6 Å². The van der Waals surface area contributed by atoms with Crippen LogP contribution in [0.3, 0.4) is 0 Å². The van der Waals surface area contributed by atoms with Crippen LogP contribution in [0.1, 0.15) is 21.7 Å². The van der Waals surface area contributed by atoms with Gasteiger partial charge in [0.2, 0.25) is 5.56 Å². The Labute approximate surface area is 97.1 Å². The van der Waals surface area contributed by atoms with Crippen LogP contribution in [-0.2, 0) is 0 Å². The van der Waals surface area contributed by atoms with Crippen LogP contribution < -0.4 is 10.9 Å². The van der Waals surface area contributed by atoms with Gasteiger partial charge in [-0.05, 0) is 19.9 Å². The number of aryl methyl sites for hydroxylation is 2. The standard InChI is InChI=1S/C11H12N4O2/c1-6-10(7(2)15-14-6)13-11(17)8-3-4-9(16)12-5-8/h3-5H,1-2H3,(H,12,16)(H,13,17)(H,14,15). The van der Waals surface area contributed by atoms with Crippen LogP contribution in [0.25, 0.3) is 0 Å². The molecule has 6 nitrogen and oxygen atoms in total. The lowest BCUT2D eigenvalue weighted by atomic mass is 10.2. The molecule has 2 aromatic heterocycles. The van der Waals surface area contributed by atoms with E-state index in [1.807, 2.05) is 6.92 Å². The lowest BCUT2D eigenvalue weighted by molar-refractivity contribution is 0.102. The molecule has 6 heteroatoms. The van der Waals surface area contributed by atoms with Crippen LogP contribution in [0.5, 0.6) is 0 Å². The van der Waals surface area contributed by atoms with Crippen molar-refractivity contribution in [3.8, 4) is 0 Å². The number of nitrogens with zero attached hydrogens (tertiary/aromatic N) is 1. The quantitative estimate of drug-likeness (QED) is 0.720. The van der Waals surface area contributed by atoms with Crippen molar-refractivity contribution in [1.29, 1.82) is 0 Å². The molecule has 0 aromatic carbocycles. The van der Waals surface area contributed by atoms with Crippen LogP contribution in [0.4, 0.5) is 5.69 Å². The molecular weight excluding hydrogens is 220 g/mol. The predicted octanol–water partition coefficient (Wildman–Crippen LogP) is 0.967. The number of rotatable bonds is 2. The smallest absolute Gasteiger partial charge is 0.257 e. The lowest BCUT2D eigenvalue weighted by Gasteiger charge is -2.04. The van der Waals surface area contributed by atoms with Crippen molar-refractivity contribution < 1.29 is 4.79 Å². The Morgan fingerprint density at radius 2 is 2.12 bits per heavy atom. The zero-order valence-electron chi connectivity index (χ0n) is 9.50. The first-order chi connectivity index (χ1) is 8.08. The summed E-state index contributed by atoms with van der Waals surface area (Å²) in [5.74, 6) is -0.283. The largest absolute Gasteiger partial charge is 0.328 e. The number of H-pyrrole nitrogens is 2. The van der Waals surface area contributed by atoms with Crippen molar-refractivity contribution in [2.24, 2.45) is 0 Å². The zero-order valence-corrected chi connectivity index (χ0v) is 9.50. The van der Waals surface area contributed by atoms with Crippen LogP contribution in [0.2, 0.25) is 0 Å². The molecule has 2 rings (SSSR count). The number of anilines is 1. The molecule has 3 N–H and O–H groups in total. The number of hydrogen-bond donors (Lipinski definition) is 3. The second-order valence-corrected chi connectivity index (χ2v) is 3.70. The maximum absolute atomic E-state index is 11.9. The fourth-order valence-corrected chi connectivity index (χ4v) is 1.47. The van der Waals surface area contributed by atoms with E-state index in [9.17, 15) is 9.59 Å². The van der Waals surface area contributed by atoms with Crippen molar-refractivity contribution in [3.63, 3.8) is 0 Å². The third-order valence-electron chi connectivity index (χ3n) is 2.41. The SMILES string of the molecule is Cc1n[nH]c(C)c1NC(=O)c1ccc(=O)[nH]c1. The number of amides is 1. The summed E-state index contributed by atoms with van der Waals surface area (Å²) in [5.41, 5.74) is 2.34. The Morgan fingerprint density at radius 3 is 2.65 bits per heavy atom. The molecule has 1 amide bonds. The average molecular weight is 232 g/mol. The molecule has 0 aliphatic rings. The highest BCUT2D eigenvalue weighted by molar-refractivity contribution is 6.04. The molecule has 0 bridgehead atoms. The molecule has 17 heavy (non-hydrogen) atoms. The van der Waals surface area contributed by atoms with Gasteiger partial charge in [-0.15, -0.1) is 0 Å². The Bertz CT molecular complexity index is 572. The summed E-state index contributed by atoms with van der Waals surface area (Å²) in [6, 6.07) is 2.78. The van der Waals surface area contributed by atoms with Gasteiger partial charge in [-0.3, -0.25) is 14.7 Å². The summed E-state index contributed by atoms with van der Waals surface area (Å²) < 4.78 is 0. The summed E-state index contributed by atoms with van der Waals surface area (Å²) in [6.45, 7) is 3.62. The van der Waals surface area contributed by atoms with Gasteiger partial charge in [0.25, 0.3) is 5.91 Å². The molecule has 0 spiro atoms. The first-order valence-corrected chi connectivity index (χ1v) is 5.09. The lowest BCUT2D eigenvalue weighted by Crippen LogP contribution is -2.15. The second-order valence-electron chi connectivity index (χ2n) is 3.70. The molecule has 0 radical (unpaired) electrons. The number of aromatic amines is 2. The Hall–Kier alpha value is -2.37. The number of aromatic nitrogens is 3. The average Bonchev–Trinajstić information content (AvgIpc) is 2.61. The highest BCUT2D eigenvalue weighted by Gasteiger charge is 2.11. The van der Waals surface area contributed by atoms with Crippen molar-refractivity contribution in [2.75, 3.05) is 5.32 Å². The second kappa shape index (κ2) is 4.25. The fourth-order valence-electron chi connectivity index (χ4n) is 1.47. The van der Waals surface area contributed by atoms with Crippen LogP contribution in [-0.4, -0.2) is 21.1 Å². The molecule has 0 saturated carbocycles. The maximum atomic E-state index is 11.9. The minimum Gasteiger partial charge on any atom is -0.328 e. The van der Waals surface area contributed by atoms with E-state index in [2.05, 4.69) is 20.5 Å². The molecule has 0 fully saturated rings. The number of carbonyl (C=O) groups excluding carboxylic acids is 1. The zero-order chi connectivity index (χ0) is 12.4. The van der Waals surface area contributed by atoms with E-state index in [1.54, 1.807) is 6.92 Å². The minimum atomic E-state index is -0.283. The van der Waals surface area contributed by atoms with E-state index in [1.165, 1.54) is 18.3 Å². The van der Waals surface area contributed by atoms with Crippen molar-refractivity contribution in [2.45, 2.75) is 13.8 Å². The Kier molecular flexibility index (Phi) is 2.78. The normalized spacial score (nSPS) is 10.2. The van der Waals surface area contributed by atoms with E-state index in [0.717, 1.165) is 11.4 Å². The van der Waals surface area contributed by atoms with E-state index in [4.69, 9.17) is 0 Å². The molecular formula is C11H12N4O2. The van der Waals surface area contributed by atoms with E-state index in [-0.39, 0.29) is 11.5 Å². The molecule has 88 valence electrons. The van der Waals surface area contributed by atoms with Gasteiger partial charge in [0, 0.05) is 12.3 Å². The Balaban J connectivity index is 2.23. The predicted molar refractivity (Wildman–Crippen MR) is 63.1 cm³/mol. The van der Waals surface area contributed by atoms with Gasteiger partial charge in [0.1, 0.15) is 0 Å². The van der Waals surface area contributed by atoms with Crippen LogP contribution in [0.15, 0.2) is 23.1 Å². The first kappa shape index (κ1) is 11.1. The number of carbonyl (C=O) groups is 1. The Morgan fingerprint density at radius 1 is 1.35 bits per heavy atom.